The first-order valence-corrected chi connectivity index (χ1v) is 7.45. The molecule has 2 rings (SSSR count). The van der Waals surface area contributed by atoms with Gasteiger partial charge in [-0.3, -0.25) is 0 Å². The van der Waals surface area contributed by atoms with Crippen molar-refractivity contribution in [1.29, 1.82) is 0 Å². The van der Waals surface area contributed by atoms with Crippen molar-refractivity contribution >= 4 is 0 Å². The second-order valence-electron chi connectivity index (χ2n) is 5.92. The Kier molecular flexibility index (Phi) is 4.64. The van der Waals surface area contributed by atoms with Crippen molar-refractivity contribution in [2.75, 3.05) is 6.61 Å². The molecule has 1 unspecified atom stereocenters. The van der Waals surface area contributed by atoms with E-state index < -0.39 is 6.10 Å². The standard InChI is InChI=1S/C17H26O2/c1-4-19-17(7-5-6-8-17)16(18)12-15-10-13(2)9-14(3)11-15/h9-11,16,18H,4-8,12H2,1-3H3. The Bertz CT molecular complexity index is 399. The van der Waals surface area contributed by atoms with Crippen LogP contribution in [0.4, 0.5) is 0 Å². The van der Waals surface area contributed by atoms with E-state index >= 15 is 0 Å². The molecule has 0 radical (unpaired) electrons. The predicted molar refractivity (Wildman–Crippen MR) is 78.5 cm³/mol. The first-order chi connectivity index (χ1) is 9.05. The number of benzene rings is 1. The lowest BCUT2D eigenvalue weighted by molar-refractivity contribution is -0.115. The van der Waals surface area contributed by atoms with E-state index in [0.717, 1.165) is 12.8 Å². The third-order valence-electron chi connectivity index (χ3n) is 4.20. The highest BCUT2D eigenvalue weighted by Gasteiger charge is 2.41. The van der Waals surface area contributed by atoms with E-state index in [1.54, 1.807) is 0 Å². The highest BCUT2D eigenvalue weighted by atomic mass is 16.5. The Hall–Kier alpha value is -0.860. The van der Waals surface area contributed by atoms with Crippen LogP contribution in [0.5, 0.6) is 0 Å². The maximum Gasteiger partial charge on any atom is 0.0943 e. The number of aryl methyl sites for hydroxylation is 2. The molecular formula is C17H26O2. The maximum atomic E-state index is 10.6. The Balaban J connectivity index is 2.12. The quantitative estimate of drug-likeness (QED) is 0.879. The summed E-state index contributed by atoms with van der Waals surface area (Å²) in [5.41, 5.74) is 3.45. The summed E-state index contributed by atoms with van der Waals surface area (Å²) < 4.78 is 5.93. The average Bonchev–Trinajstić information content (AvgIpc) is 2.78. The second kappa shape index (κ2) is 6.06. The Morgan fingerprint density at radius 1 is 1.16 bits per heavy atom. The summed E-state index contributed by atoms with van der Waals surface area (Å²) >= 11 is 0. The molecule has 1 aliphatic rings. The van der Waals surface area contributed by atoms with E-state index in [0.29, 0.717) is 13.0 Å². The molecule has 2 heteroatoms. The molecule has 19 heavy (non-hydrogen) atoms. The number of ether oxygens (including phenoxy) is 1. The predicted octanol–water partition coefficient (Wildman–Crippen LogP) is 3.56. The van der Waals surface area contributed by atoms with Gasteiger partial charge in [0.15, 0.2) is 0 Å². The van der Waals surface area contributed by atoms with Gasteiger partial charge in [0.25, 0.3) is 0 Å². The summed E-state index contributed by atoms with van der Waals surface area (Å²) in [5.74, 6) is 0. The summed E-state index contributed by atoms with van der Waals surface area (Å²) in [6.07, 6.45) is 4.63. The Labute approximate surface area is 116 Å². The number of hydrogen-bond donors (Lipinski definition) is 1. The third kappa shape index (κ3) is 3.37. The third-order valence-corrected chi connectivity index (χ3v) is 4.20. The number of aliphatic hydroxyl groups excluding tert-OH is 1. The van der Waals surface area contributed by atoms with Crippen molar-refractivity contribution in [2.45, 2.75) is 64.6 Å². The SMILES string of the molecule is CCOC1(C(O)Cc2cc(C)cc(C)c2)CCCC1. The van der Waals surface area contributed by atoms with E-state index in [-0.39, 0.29) is 5.60 Å². The van der Waals surface area contributed by atoms with Crippen molar-refractivity contribution in [3.05, 3.63) is 34.9 Å². The fraction of sp³-hybridized carbons (Fsp3) is 0.647. The minimum atomic E-state index is -0.392. The fourth-order valence-electron chi connectivity index (χ4n) is 3.43. The summed E-state index contributed by atoms with van der Waals surface area (Å²) in [5, 5.41) is 10.6. The summed E-state index contributed by atoms with van der Waals surface area (Å²) in [6.45, 7) is 6.92. The lowest BCUT2D eigenvalue weighted by Gasteiger charge is -2.34. The molecule has 1 aromatic carbocycles. The summed E-state index contributed by atoms with van der Waals surface area (Å²) in [4.78, 5) is 0. The van der Waals surface area contributed by atoms with Gasteiger partial charge in [-0.05, 0) is 39.2 Å². The fourth-order valence-corrected chi connectivity index (χ4v) is 3.43. The lowest BCUT2D eigenvalue weighted by Crippen LogP contribution is -2.43. The number of hydrogen-bond acceptors (Lipinski definition) is 2. The van der Waals surface area contributed by atoms with Crippen LogP contribution in [0.2, 0.25) is 0 Å². The average molecular weight is 262 g/mol. The number of rotatable bonds is 5. The van der Waals surface area contributed by atoms with Gasteiger partial charge in [-0.25, -0.2) is 0 Å². The van der Waals surface area contributed by atoms with Gasteiger partial charge < -0.3 is 9.84 Å². The molecule has 1 N–H and O–H groups in total. The highest BCUT2D eigenvalue weighted by molar-refractivity contribution is 5.29. The van der Waals surface area contributed by atoms with E-state index in [4.69, 9.17) is 4.74 Å². The van der Waals surface area contributed by atoms with Gasteiger partial charge in [0, 0.05) is 13.0 Å². The zero-order chi connectivity index (χ0) is 13.9. The van der Waals surface area contributed by atoms with Gasteiger partial charge in [0.1, 0.15) is 0 Å². The molecule has 106 valence electrons. The Morgan fingerprint density at radius 2 is 1.74 bits per heavy atom. The van der Waals surface area contributed by atoms with Crippen LogP contribution in [0.3, 0.4) is 0 Å². The maximum absolute atomic E-state index is 10.6. The first-order valence-electron chi connectivity index (χ1n) is 7.45. The van der Waals surface area contributed by atoms with Gasteiger partial charge in [0.05, 0.1) is 11.7 Å². The topological polar surface area (TPSA) is 29.5 Å². The van der Waals surface area contributed by atoms with Crippen LogP contribution in [0.25, 0.3) is 0 Å². The van der Waals surface area contributed by atoms with Gasteiger partial charge in [-0.1, -0.05) is 42.2 Å². The molecule has 0 saturated heterocycles. The van der Waals surface area contributed by atoms with E-state index in [9.17, 15) is 5.11 Å². The molecule has 0 amide bonds. The van der Waals surface area contributed by atoms with Gasteiger partial charge in [-0.15, -0.1) is 0 Å². The smallest absolute Gasteiger partial charge is 0.0943 e. The minimum Gasteiger partial charge on any atom is -0.390 e. The molecular weight excluding hydrogens is 236 g/mol. The molecule has 1 fully saturated rings. The second-order valence-corrected chi connectivity index (χ2v) is 5.92. The van der Waals surface area contributed by atoms with Crippen molar-refractivity contribution < 1.29 is 9.84 Å². The van der Waals surface area contributed by atoms with Crippen LogP contribution < -0.4 is 0 Å². The summed E-state index contributed by atoms with van der Waals surface area (Å²) in [6, 6.07) is 6.51. The summed E-state index contributed by atoms with van der Waals surface area (Å²) in [7, 11) is 0. The molecule has 1 aromatic rings. The van der Waals surface area contributed by atoms with Crippen molar-refractivity contribution in [2.24, 2.45) is 0 Å². The van der Waals surface area contributed by atoms with Crippen molar-refractivity contribution in [3.63, 3.8) is 0 Å². The zero-order valence-electron chi connectivity index (χ0n) is 12.4. The molecule has 0 bridgehead atoms. The highest BCUT2D eigenvalue weighted by Crippen LogP contribution is 2.37. The first kappa shape index (κ1) is 14.5. The van der Waals surface area contributed by atoms with Crippen LogP contribution in [-0.2, 0) is 11.2 Å². The molecule has 1 saturated carbocycles. The lowest BCUT2D eigenvalue weighted by atomic mass is 9.89. The Morgan fingerprint density at radius 3 is 2.26 bits per heavy atom. The van der Waals surface area contributed by atoms with Crippen LogP contribution in [-0.4, -0.2) is 23.4 Å². The van der Waals surface area contributed by atoms with Crippen LogP contribution in [0.15, 0.2) is 18.2 Å². The van der Waals surface area contributed by atoms with E-state index in [1.807, 2.05) is 6.92 Å². The molecule has 1 aliphatic carbocycles. The van der Waals surface area contributed by atoms with Gasteiger partial charge in [0.2, 0.25) is 0 Å². The van der Waals surface area contributed by atoms with Crippen LogP contribution in [0, 0.1) is 13.8 Å². The van der Waals surface area contributed by atoms with Crippen LogP contribution in [0.1, 0.15) is 49.3 Å². The van der Waals surface area contributed by atoms with Crippen molar-refractivity contribution in [3.8, 4) is 0 Å². The van der Waals surface area contributed by atoms with Crippen molar-refractivity contribution in [1.82, 2.24) is 0 Å². The molecule has 0 heterocycles. The van der Waals surface area contributed by atoms with Gasteiger partial charge >= 0.3 is 0 Å². The molecule has 1 atom stereocenters. The van der Waals surface area contributed by atoms with E-state index in [1.165, 1.54) is 29.5 Å². The van der Waals surface area contributed by atoms with Gasteiger partial charge in [-0.2, -0.15) is 0 Å². The monoisotopic (exact) mass is 262 g/mol. The normalized spacial score (nSPS) is 19.6. The minimum absolute atomic E-state index is 0.299. The number of aliphatic hydroxyl groups is 1. The molecule has 0 aliphatic heterocycles. The van der Waals surface area contributed by atoms with E-state index in [2.05, 4.69) is 32.0 Å². The molecule has 0 spiro atoms. The molecule has 0 aromatic heterocycles. The van der Waals surface area contributed by atoms with Crippen LogP contribution >= 0.6 is 0 Å². The zero-order valence-corrected chi connectivity index (χ0v) is 12.4. The largest absolute Gasteiger partial charge is 0.390 e. The molecule has 2 nitrogen and oxygen atoms in total.